The Hall–Kier alpha value is -1.85. The molecule has 6 heteroatoms. The molecule has 0 spiro atoms. The van der Waals surface area contributed by atoms with Crippen molar-refractivity contribution in [2.75, 3.05) is 13.6 Å². The molecule has 142 valence electrons. The molecular weight excluding hydrogens is 350 g/mol. The monoisotopic (exact) mass is 377 g/mol. The molecule has 1 aliphatic rings. The summed E-state index contributed by atoms with van der Waals surface area (Å²) in [6.45, 7) is 0.680. The van der Waals surface area contributed by atoms with Gasteiger partial charge in [-0.1, -0.05) is 54.8 Å². The lowest BCUT2D eigenvalue weighted by Crippen LogP contribution is -2.55. The summed E-state index contributed by atoms with van der Waals surface area (Å²) in [7, 11) is 1.85. The number of hydrogen-bond donors (Lipinski definition) is 1. The fourth-order valence-electron chi connectivity index (χ4n) is 3.54. The first-order valence-corrected chi connectivity index (χ1v) is 9.14. The van der Waals surface area contributed by atoms with Crippen LogP contribution in [0.5, 0.6) is 0 Å². The minimum atomic E-state index is -0.653. The first-order valence-electron chi connectivity index (χ1n) is 9.14. The molecule has 0 atom stereocenters. The molecule has 1 amide bonds. The molecule has 1 aromatic heterocycles. The smallest absolute Gasteiger partial charge is 0.242 e. The highest BCUT2D eigenvalue weighted by Crippen LogP contribution is 2.27. The summed E-state index contributed by atoms with van der Waals surface area (Å²) in [5.41, 5.74) is 7.58. The van der Waals surface area contributed by atoms with Crippen LogP contribution in [0.4, 0.5) is 0 Å². The van der Waals surface area contributed by atoms with Crippen LogP contribution in [-0.2, 0) is 11.2 Å². The quantitative estimate of drug-likeness (QED) is 0.830. The number of hydrogen-bond acceptors (Lipinski definition) is 4. The predicted octanol–water partition coefficient (Wildman–Crippen LogP) is 3.82. The minimum Gasteiger partial charge on any atom is -0.361 e. The van der Waals surface area contributed by atoms with Crippen LogP contribution in [0.2, 0.25) is 0 Å². The van der Waals surface area contributed by atoms with E-state index in [-0.39, 0.29) is 18.3 Å². The SMILES string of the molecule is CN(CCCc1cc(-c2ccccc2)no1)C(=O)C1(N)CCCCC1.Cl. The maximum atomic E-state index is 12.6. The van der Waals surface area contributed by atoms with Crippen LogP contribution < -0.4 is 5.73 Å². The normalized spacial score (nSPS) is 15.9. The van der Waals surface area contributed by atoms with Gasteiger partial charge in [0.2, 0.25) is 5.91 Å². The standard InChI is InChI=1S/C20H27N3O2.ClH/c1-23(19(24)20(21)12-6-3-7-13-20)14-8-11-17-15-18(22-25-17)16-9-4-2-5-10-16;/h2,4-5,9-10,15H,3,6-8,11-14,21H2,1H3;1H. The van der Waals surface area contributed by atoms with E-state index in [2.05, 4.69) is 5.16 Å². The number of aryl methyl sites for hydroxylation is 1. The van der Waals surface area contributed by atoms with Gasteiger partial charge in [0.15, 0.2) is 0 Å². The molecule has 3 rings (SSSR count). The van der Waals surface area contributed by atoms with Crippen LogP contribution in [0.1, 0.15) is 44.3 Å². The van der Waals surface area contributed by atoms with E-state index in [1.54, 1.807) is 4.90 Å². The van der Waals surface area contributed by atoms with Crippen LogP contribution in [0, 0.1) is 0 Å². The highest BCUT2D eigenvalue weighted by atomic mass is 35.5. The molecule has 1 aromatic carbocycles. The summed E-state index contributed by atoms with van der Waals surface area (Å²) in [5.74, 6) is 0.926. The number of nitrogens with two attached hydrogens (primary N) is 1. The van der Waals surface area contributed by atoms with E-state index in [1.165, 1.54) is 6.42 Å². The number of carbonyl (C=O) groups excluding carboxylic acids is 1. The molecule has 2 aromatic rings. The summed E-state index contributed by atoms with van der Waals surface area (Å²) in [6.07, 6.45) is 6.49. The average Bonchev–Trinajstić information content (AvgIpc) is 3.11. The summed E-state index contributed by atoms with van der Waals surface area (Å²) in [4.78, 5) is 14.4. The van der Waals surface area contributed by atoms with Crippen molar-refractivity contribution in [3.8, 4) is 11.3 Å². The van der Waals surface area contributed by atoms with Crippen LogP contribution in [0.3, 0.4) is 0 Å². The first-order chi connectivity index (χ1) is 12.1. The maximum Gasteiger partial charge on any atom is 0.242 e. The van der Waals surface area contributed by atoms with Gasteiger partial charge in [-0.2, -0.15) is 0 Å². The maximum absolute atomic E-state index is 12.6. The van der Waals surface area contributed by atoms with Gasteiger partial charge < -0.3 is 15.2 Å². The van der Waals surface area contributed by atoms with Gasteiger partial charge in [-0.3, -0.25) is 4.79 Å². The molecule has 1 heterocycles. The van der Waals surface area contributed by atoms with Crippen molar-refractivity contribution in [3.63, 3.8) is 0 Å². The Morgan fingerprint density at radius 3 is 2.62 bits per heavy atom. The topological polar surface area (TPSA) is 72.4 Å². The van der Waals surface area contributed by atoms with Gasteiger partial charge >= 0.3 is 0 Å². The van der Waals surface area contributed by atoms with E-state index in [1.807, 2.05) is 43.4 Å². The predicted molar refractivity (Wildman–Crippen MR) is 105 cm³/mol. The highest BCUT2D eigenvalue weighted by Gasteiger charge is 2.37. The Morgan fingerprint density at radius 2 is 1.92 bits per heavy atom. The van der Waals surface area contributed by atoms with E-state index >= 15 is 0 Å². The second-order valence-electron chi connectivity index (χ2n) is 7.09. The van der Waals surface area contributed by atoms with Gasteiger partial charge in [0.05, 0.1) is 5.54 Å². The van der Waals surface area contributed by atoms with E-state index < -0.39 is 5.54 Å². The third-order valence-electron chi connectivity index (χ3n) is 5.06. The summed E-state index contributed by atoms with van der Waals surface area (Å²) < 4.78 is 5.42. The minimum absolute atomic E-state index is 0. The number of carbonyl (C=O) groups is 1. The van der Waals surface area contributed by atoms with Crippen LogP contribution >= 0.6 is 12.4 Å². The van der Waals surface area contributed by atoms with Crippen LogP contribution in [0.25, 0.3) is 11.3 Å². The molecule has 0 unspecified atom stereocenters. The summed E-state index contributed by atoms with van der Waals surface area (Å²) in [6, 6.07) is 11.9. The second-order valence-corrected chi connectivity index (χ2v) is 7.09. The zero-order valence-electron chi connectivity index (χ0n) is 15.3. The molecule has 0 saturated heterocycles. The fraction of sp³-hybridized carbons (Fsp3) is 0.500. The van der Waals surface area contributed by atoms with E-state index in [4.69, 9.17) is 10.3 Å². The lowest BCUT2D eigenvalue weighted by molar-refractivity contribution is -0.136. The molecule has 0 bridgehead atoms. The Balaban J connectivity index is 0.00000243. The number of halogens is 1. The number of nitrogens with zero attached hydrogens (tertiary/aromatic N) is 2. The van der Waals surface area contributed by atoms with Gasteiger partial charge in [0, 0.05) is 31.6 Å². The number of rotatable bonds is 6. The first kappa shape index (κ1) is 20.5. The Kier molecular flexibility index (Phi) is 7.23. The zero-order valence-corrected chi connectivity index (χ0v) is 16.1. The van der Waals surface area contributed by atoms with Crippen LogP contribution in [-0.4, -0.2) is 35.1 Å². The average molecular weight is 378 g/mol. The summed E-state index contributed by atoms with van der Waals surface area (Å²) in [5, 5.41) is 4.13. The number of aromatic nitrogens is 1. The second kappa shape index (κ2) is 9.19. The molecule has 5 nitrogen and oxygen atoms in total. The van der Waals surface area contributed by atoms with E-state index in [9.17, 15) is 4.79 Å². The Labute approximate surface area is 161 Å². The molecule has 0 aliphatic heterocycles. The lowest BCUT2D eigenvalue weighted by Gasteiger charge is -2.35. The molecule has 26 heavy (non-hydrogen) atoms. The van der Waals surface area contributed by atoms with Gasteiger partial charge in [0.25, 0.3) is 0 Å². The van der Waals surface area contributed by atoms with Crippen molar-refractivity contribution in [3.05, 3.63) is 42.2 Å². The Morgan fingerprint density at radius 1 is 1.23 bits per heavy atom. The number of benzene rings is 1. The van der Waals surface area contributed by atoms with Gasteiger partial charge in [-0.25, -0.2) is 0 Å². The Bertz CT molecular complexity index is 696. The van der Waals surface area contributed by atoms with Crippen molar-refractivity contribution in [2.24, 2.45) is 5.73 Å². The third-order valence-corrected chi connectivity index (χ3v) is 5.06. The van der Waals surface area contributed by atoms with Crippen molar-refractivity contribution in [2.45, 2.75) is 50.5 Å². The van der Waals surface area contributed by atoms with Crippen molar-refractivity contribution in [1.82, 2.24) is 10.1 Å². The van der Waals surface area contributed by atoms with Gasteiger partial charge in [0.1, 0.15) is 11.5 Å². The molecular formula is C20H28ClN3O2. The zero-order chi connectivity index (χ0) is 17.7. The van der Waals surface area contributed by atoms with Crippen molar-refractivity contribution in [1.29, 1.82) is 0 Å². The summed E-state index contributed by atoms with van der Waals surface area (Å²) >= 11 is 0. The molecule has 1 aliphatic carbocycles. The fourth-order valence-corrected chi connectivity index (χ4v) is 3.54. The van der Waals surface area contributed by atoms with E-state index in [0.717, 1.165) is 55.5 Å². The third kappa shape index (κ3) is 4.86. The molecule has 1 fully saturated rings. The highest BCUT2D eigenvalue weighted by molar-refractivity contribution is 5.86. The van der Waals surface area contributed by atoms with Crippen molar-refractivity contribution < 1.29 is 9.32 Å². The van der Waals surface area contributed by atoms with Crippen molar-refractivity contribution >= 4 is 18.3 Å². The van der Waals surface area contributed by atoms with Crippen LogP contribution in [0.15, 0.2) is 40.9 Å². The molecule has 2 N–H and O–H groups in total. The molecule has 0 radical (unpaired) electrons. The molecule has 1 saturated carbocycles. The van der Waals surface area contributed by atoms with Gasteiger partial charge in [-0.15, -0.1) is 12.4 Å². The number of likely N-dealkylation sites (N-methyl/N-ethyl adjacent to an activating group) is 1. The van der Waals surface area contributed by atoms with E-state index in [0.29, 0.717) is 6.54 Å². The van der Waals surface area contributed by atoms with Gasteiger partial charge in [-0.05, 0) is 19.3 Å². The largest absolute Gasteiger partial charge is 0.361 e. The lowest BCUT2D eigenvalue weighted by atomic mass is 9.81. The number of amides is 1.